The zero-order valence-electron chi connectivity index (χ0n) is 16.0. The first-order valence-electron chi connectivity index (χ1n) is 9.87. The molecule has 146 valence electrons. The van der Waals surface area contributed by atoms with Crippen LogP contribution in [0.25, 0.3) is 0 Å². The molecule has 0 aromatic heterocycles. The monoisotopic (exact) mass is 386 g/mol. The van der Waals surface area contributed by atoms with Crippen LogP contribution in [-0.2, 0) is 23.1 Å². The summed E-state index contributed by atoms with van der Waals surface area (Å²) in [6, 6.07) is 21.7. The quantitative estimate of drug-likeness (QED) is 0.748. The maximum atomic E-state index is 11.8. The van der Waals surface area contributed by atoms with E-state index in [1.807, 2.05) is 0 Å². The van der Waals surface area contributed by atoms with Gasteiger partial charge in [-0.05, 0) is 43.7 Å². The molecule has 0 aliphatic heterocycles. The summed E-state index contributed by atoms with van der Waals surface area (Å²) in [7, 11) is -3.12. The van der Waals surface area contributed by atoms with Gasteiger partial charge in [-0.3, -0.25) is 4.90 Å². The fraction of sp³-hybridized carbons (Fsp3) is 0.455. The Morgan fingerprint density at radius 1 is 0.852 bits per heavy atom. The van der Waals surface area contributed by atoms with Gasteiger partial charge in [0.25, 0.3) is 0 Å². The molecule has 1 aliphatic carbocycles. The van der Waals surface area contributed by atoms with Gasteiger partial charge in [-0.15, -0.1) is 0 Å². The average Bonchev–Trinajstić information content (AvgIpc) is 2.69. The molecule has 2 aromatic rings. The zero-order valence-corrected chi connectivity index (χ0v) is 16.9. The number of hydrogen-bond acceptors (Lipinski definition) is 3. The van der Waals surface area contributed by atoms with Gasteiger partial charge in [0.2, 0.25) is 10.0 Å². The van der Waals surface area contributed by atoms with Crippen molar-refractivity contribution < 1.29 is 8.42 Å². The van der Waals surface area contributed by atoms with E-state index >= 15 is 0 Å². The molecule has 3 rings (SSSR count). The molecule has 0 heterocycles. The first kappa shape index (κ1) is 20.1. The predicted molar refractivity (Wildman–Crippen MR) is 111 cm³/mol. The highest BCUT2D eigenvalue weighted by Gasteiger charge is 2.28. The van der Waals surface area contributed by atoms with E-state index in [1.54, 1.807) is 6.92 Å². The molecular formula is C22H30N2O2S. The second-order valence-electron chi connectivity index (χ2n) is 7.40. The van der Waals surface area contributed by atoms with Crippen LogP contribution in [0, 0.1) is 0 Å². The van der Waals surface area contributed by atoms with E-state index in [2.05, 4.69) is 70.3 Å². The SMILES string of the molecule is CCS(=O)(=O)NC1CCC(N(Cc2ccccc2)Cc2ccccc2)CC1. The van der Waals surface area contributed by atoms with Crippen LogP contribution in [0.4, 0.5) is 0 Å². The van der Waals surface area contributed by atoms with E-state index in [9.17, 15) is 8.42 Å². The van der Waals surface area contributed by atoms with E-state index in [0.717, 1.165) is 38.8 Å². The Balaban J connectivity index is 1.66. The average molecular weight is 387 g/mol. The van der Waals surface area contributed by atoms with Crippen molar-refractivity contribution in [3.05, 3.63) is 71.8 Å². The highest BCUT2D eigenvalue weighted by molar-refractivity contribution is 7.89. The summed E-state index contributed by atoms with van der Waals surface area (Å²) in [5, 5.41) is 0. The smallest absolute Gasteiger partial charge is 0.211 e. The van der Waals surface area contributed by atoms with Crippen LogP contribution >= 0.6 is 0 Å². The van der Waals surface area contributed by atoms with Crippen LogP contribution in [0.1, 0.15) is 43.7 Å². The van der Waals surface area contributed by atoms with Crippen LogP contribution in [-0.4, -0.2) is 31.2 Å². The topological polar surface area (TPSA) is 49.4 Å². The molecule has 0 saturated heterocycles. The van der Waals surface area contributed by atoms with Crippen LogP contribution in [0.2, 0.25) is 0 Å². The van der Waals surface area contributed by atoms with E-state index in [4.69, 9.17) is 0 Å². The molecule has 0 bridgehead atoms. The van der Waals surface area contributed by atoms with E-state index in [1.165, 1.54) is 11.1 Å². The summed E-state index contributed by atoms with van der Waals surface area (Å²) >= 11 is 0. The molecule has 0 atom stereocenters. The molecule has 0 radical (unpaired) electrons. The van der Waals surface area contributed by atoms with Crippen LogP contribution in [0.5, 0.6) is 0 Å². The number of rotatable bonds is 8. The summed E-state index contributed by atoms with van der Waals surface area (Å²) in [6.45, 7) is 3.53. The number of nitrogens with zero attached hydrogens (tertiary/aromatic N) is 1. The van der Waals surface area contributed by atoms with Gasteiger partial charge in [-0.2, -0.15) is 0 Å². The number of sulfonamides is 1. The fourth-order valence-corrected chi connectivity index (χ4v) is 4.76. The maximum absolute atomic E-state index is 11.8. The Bertz CT molecular complexity index is 744. The lowest BCUT2D eigenvalue weighted by molar-refractivity contribution is 0.132. The molecule has 1 aliphatic rings. The van der Waals surface area contributed by atoms with E-state index < -0.39 is 10.0 Å². The summed E-state index contributed by atoms with van der Waals surface area (Å²) in [4.78, 5) is 2.55. The third kappa shape index (κ3) is 6.16. The van der Waals surface area contributed by atoms with Crippen molar-refractivity contribution in [3.8, 4) is 0 Å². The minimum atomic E-state index is -3.12. The van der Waals surface area contributed by atoms with Gasteiger partial charge in [0.15, 0.2) is 0 Å². The van der Waals surface area contributed by atoms with Crippen molar-refractivity contribution in [3.63, 3.8) is 0 Å². The molecule has 5 heteroatoms. The Kier molecular flexibility index (Phi) is 7.05. The molecular weight excluding hydrogens is 356 g/mol. The third-order valence-electron chi connectivity index (χ3n) is 5.40. The van der Waals surface area contributed by atoms with Crippen molar-refractivity contribution in [2.45, 2.75) is 57.8 Å². The summed E-state index contributed by atoms with van der Waals surface area (Å²) in [6.07, 6.45) is 3.86. The Morgan fingerprint density at radius 3 is 1.78 bits per heavy atom. The molecule has 4 nitrogen and oxygen atoms in total. The van der Waals surface area contributed by atoms with Crippen molar-refractivity contribution in [1.82, 2.24) is 9.62 Å². The normalized spacial score (nSPS) is 20.7. The second-order valence-corrected chi connectivity index (χ2v) is 9.45. The van der Waals surface area contributed by atoms with Crippen LogP contribution in [0.3, 0.4) is 0 Å². The molecule has 0 amide bonds. The van der Waals surface area contributed by atoms with Crippen molar-refractivity contribution in [1.29, 1.82) is 0 Å². The highest BCUT2D eigenvalue weighted by atomic mass is 32.2. The molecule has 0 unspecified atom stereocenters. The lowest BCUT2D eigenvalue weighted by atomic mass is 9.90. The zero-order chi connectivity index (χ0) is 19.1. The number of hydrogen-bond donors (Lipinski definition) is 1. The van der Waals surface area contributed by atoms with Crippen molar-refractivity contribution in [2.75, 3.05) is 5.75 Å². The molecule has 2 aromatic carbocycles. The van der Waals surface area contributed by atoms with Gasteiger partial charge in [-0.25, -0.2) is 13.1 Å². The van der Waals surface area contributed by atoms with Gasteiger partial charge < -0.3 is 0 Å². The Labute approximate surface area is 163 Å². The van der Waals surface area contributed by atoms with E-state index in [-0.39, 0.29) is 11.8 Å². The number of benzene rings is 2. The maximum Gasteiger partial charge on any atom is 0.211 e. The Morgan fingerprint density at radius 2 is 1.33 bits per heavy atom. The van der Waals surface area contributed by atoms with Gasteiger partial charge in [-0.1, -0.05) is 60.7 Å². The molecule has 27 heavy (non-hydrogen) atoms. The largest absolute Gasteiger partial charge is 0.292 e. The second kappa shape index (κ2) is 9.49. The van der Waals surface area contributed by atoms with Crippen molar-refractivity contribution in [2.24, 2.45) is 0 Å². The van der Waals surface area contributed by atoms with E-state index in [0.29, 0.717) is 6.04 Å². The molecule has 0 spiro atoms. The first-order chi connectivity index (χ1) is 13.1. The molecule has 1 fully saturated rings. The lowest BCUT2D eigenvalue weighted by Crippen LogP contribution is -2.43. The summed E-state index contributed by atoms with van der Waals surface area (Å²) in [5.41, 5.74) is 2.64. The van der Waals surface area contributed by atoms with Gasteiger partial charge in [0.05, 0.1) is 5.75 Å². The fourth-order valence-electron chi connectivity index (χ4n) is 3.85. The standard InChI is InChI=1S/C22H30N2O2S/c1-2-27(25,26)23-21-13-15-22(16-14-21)24(17-19-9-5-3-6-10-19)18-20-11-7-4-8-12-20/h3-12,21-23H,2,13-18H2,1H3. The summed E-state index contributed by atoms with van der Waals surface area (Å²) in [5.74, 6) is 0.154. The first-order valence-corrected chi connectivity index (χ1v) is 11.5. The van der Waals surface area contributed by atoms with Crippen LogP contribution < -0.4 is 4.72 Å². The summed E-state index contributed by atoms with van der Waals surface area (Å²) < 4.78 is 26.5. The Hall–Kier alpha value is -1.69. The van der Waals surface area contributed by atoms with Gasteiger partial charge in [0.1, 0.15) is 0 Å². The lowest BCUT2D eigenvalue weighted by Gasteiger charge is -2.37. The van der Waals surface area contributed by atoms with Crippen LogP contribution in [0.15, 0.2) is 60.7 Å². The molecule has 1 saturated carbocycles. The third-order valence-corrected chi connectivity index (χ3v) is 6.85. The minimum Gasteiger partial charge on any atom is -0.292 e. The van der Waals surface area contributed by atoms with Gasteiger partial charge >= 0.3 is 0 Å². The predicted octanol–water partition coefficient (Wildman–Crippen LogP) is 3.94. The minimum absolute atomic E-state index is 0.0847. The molecule has 1 N–H and O–H groups in total. The van der Waals surface area contributed by atoms with Gasteiger partial charge in [0, 0.05) is 25.2 Å². The highest BCUT2D eigenvalue weighted by Crippen LogP contribution is 2.26. The number of nitrogens with one attached hydrogen (secondary N) is 1. The van der Waals surface area contributed by atoms with Crippen molar-refractivity contribution >= 4 is 10.0 Å².